The quantitative estimate of drug-likeness (QED) is 0.607. The van der Waals surface area contributed by atoms with Crippen molar-refractivity contribution in [1.82, 2.24) is 19.7 Å². The lowest BCUT2D eigenvalue weighted by Crippen LogP contribution is -2.31. The van der Waals surface area contributed by atoms with Crippen molar-refractivity contribution in [3.63, 3.8) is 0 Å². The molecular formula is C21H18N4O2. The molecule has 0 atom stereocenters. The maximum Gasteiger partial charge on any atom is 0.330 e. The predicted molar refractivity (Wildman–Crippen MR) is 106 cm³/mol. The van der Waals surface area contributed by atoms with Gasteiger partial charge < -0.3 is 0 Å². The highest BCUT2D eigenvalue weighted by Gasteiger charge is 2.19. The van der Waals surface area contributed by atoms with Crippen molar-refractivity contribution in [1.29, 1.82) is 0 Å². The lowest BCUT2D eigenvalue weighted by atomic mass is 9.97. The Morgan fingerprint density at radius 3 is 2.15 bits per heavy atom. The number of benzene rings is 2. The number of hydrogen-bond acceptors (Lipinski definition) is 4. The first-order chi connectivity index (χ1) is 13.2. The fraction of sp³-hybridized carbons (Fsp3) is 0.143. The van der Waals surface area contributed by atoms with Gasteiger partial charge >= 0.3 is 5.69 Å². The molecule has 27 heavy (non-hydrogen) atoms. The predicted octanol–water partition coefficient (Wildman–Crippen LogP) is 3.22. The Kier molecular flexibility index (Phi) is 4.38. The number of aromatic nitrogens is 4. The number of nitrogens with zero attached hydrogens (tertiary/aromatic N) is 3. The fourth-order valence-corrected chi connectivity index (χ4v) is 3.27. The Morgan fingerprint density at radius 1 is 0.889 bits per heavy atom. The number of fused-ring (bicyclic) bond motifs is 1. The van der Waals surface area contributed by atoms with E-state index < -0.39 is 11.2 Å². The van der Waals surface area contributed by atoms with Crippen molar-refractivity contribution in [2.75, 3.05) is 0 Å². The second-order valence-corrected chi connectivity index (χ2v) is 6.27. The van der Waals surface area contributed by atoms with Crippen LogP contribution < -0.4 is 11.2 Å². The number of aryl methyl sites for hydroxylation is 1. The summed E-state index contributed by atoms with van der Waals surface area (Å²) in [6.45, 7) is 2.42. The monoisotopic (exact) mass is 358 g/mol. The van der Waals surface area contributed by atoms with Gasteiger partial charge in [0.1, 0.15) is 5.69 Å². The van der Waals surface area contributed by atoms with E-state index in [1.807, 2.05) is 67.6 Å². The Morgan fingerprint density at radius 2 is 1.52 bits per heavy atom. The van der Waals surface area contributed by atoms with Crippen LogP contribution >= 0.6 is 0 Å². The molecule has 0 unspecified atom stereocenters. The molecule has 2 heterocycles. The molecular weight excluding hydrogens is 340 g/mol. The van der Waals surface area contributed by atoms with Crippen LogP contribution in [0.5, 0.6) is 0 Å². The fourth-order valence-electron chi connectivity index (χ4n) is 3.27. The Hall–Kier alpha value is -3.54. The first-order valence-corrected chi connectivity index (χ1v) is 8.85. The molecule has 6 nitrogen and oxygen atoms in total. The lowest BCUT2D eigenvalue weighted by molar-refractivity contribution is 0.648. The summed E-state index contributed by atoms with van der Waals surface area (Å²) in [5.41, 5.74) is 2.40. The van der Waals surface area contributed by atoms with E-state index in [9.17, 15) is 9.59 Å². The van der Waals surface area contributed by atoms with Crippen LogP contribution in [0, 0.1) is 0 Å². The molecule has 0 aliphatic rings. The van der Waals surface area contributed by atoms with Crippen molar-refractivity contribution in [3.05, 3.63) is 81.5 Å². The minimum Gasteiger partial charge on any atom is -0.276 e. The molecule has 0 aliphatic carbocycles. The molecule has 0 aliphatic heterocycles. The van der Waals surface area contributed by atoms with E-state index in [1.165, 1.54) is 4.57 Å². The van der Waals surface area contributed by atoms with Crippen LogP contribution in [0.2, 0.25) is 0 Å². The van der Waals surface area contributed by atoms with Gasteiger partial charge in [0, 0.05) is 17.7 Å². The molecule has 134 valence electrons. The van der Waals surface area contributed by atoms with Crippen LogP contribution in [0.25, 0.3) is 33.4 Å². The first kappa shape index (κ1) is 16.9. The maximum absolute atomic E-state index is 12.8. The lowest BCUT2D eigenvalue weighted by Gasteiger charge is -2.14. The zero-order chi connectivity index (χ0) is 18.8. The molecule has 0 fully saturated rings. The van der Waals surface area contributed by atoms with Crippen molar-refractivity contribution in [2.24, 2.45) is 0 Å². The van der Waals surface area contributed by atoms with E-state index in [4.69, 9.17) is 0 Å². The van der Waals surface area contributed by atoms with Crippen LogP contribution in [0.3, 0.4) is 0 Å². The number of rotatable bonds is 4. The second kappa shape index (κ2) is 6.99. The van der Waals surface area contributed by atoms with Gasteiger partial charge in [0.2, 0.25) is 0 Å². The molecule has 4 rings (SSSR count). The average molecular weight is 358 g/mol. The number of aromatic amines is 1. The molecule has 2 aromatic carbocycles. The highest BCUT2D eigenvalue weighted by molar-refractivity contribution is 5.98. The molecule has 0 radical (unpaired) electrons. The van der Waals surface area contributed by atoms with Gasteiger partial charge in [0.05, 0.1) is 5.39 Å². The van der Waals surface area contributed by atoms with Gasteiger partial charge in [-0.25, -0.2) is 4.79 Å². The third-order valence-corrected chi connectivity index (χ3v) is 4.46. The Bertz CT molecular complexity index is 1210. The molecule has 0 spiro atoms. The summed E-state index contributed by atoms with van der Waals surface area (Å²) >= 11 is 0. The van der Waals surface area contributed by atoms with Gasteiger partial charge in [-0.3, -0.25) is 14.3 Å². The summed E-state index contributed by atoms with van der Waals surface area (Å²) in [6.07, 6.45) is 0.740. The van der Waals surface area contributed by atoms with E-state index in [0.717, 1.165) is 17.5 Å². The van der Waals surface area contributed by atoms with Crippen LogP contribution in [0.15, 0.2) is 70.3 Å². The van der Waals surface area contributed by atoms with Crippen molar-refractivity contribution < 1.29 is 0 Å². The van der Waals surface area contributed by atoms with Gasteiger partial charge in [-0.05, 0) is 12.0 Å². The maximum atomic E-state index is 12.8. The summed E-state index contributed by atoms with van der Waals surface area (Å²) in [7, 11) is 0. The minimum absolute atomic E-state index is 0.309. The van der Waals surface area contributed by atoms with Crippen molar-refractivity contribution in [2.45, 2.75) is 19.9 Å². The van der Waals surface area contributed by atoms with E-state index in [0.29, 0.717) is 28.8 Å². The van der Waals surface area contributed by atoms with Gasteiger partial charge in [-0.15, -0.1) is 10.2 Å². The zero-order valence-corrected chi connectivity index (χ0v) is 14.8. The summed E-state index contributed by atoms with van der Waals surface area (Å²) in [4.78, 5) is 27.5. The summed E-state index contributed by atoms with van der Waals surface area (Å²) in [5, 5.41) is 9.07. The van der Waals surface area contributed by atoms with E-state index in [-0.39, 0.29) is 0 Å². The summed E-state index contributed by atoms with van der Waals surface area (Å²) in [6, 6.07) is 19.2. The standard InChI is InChI=1S/C21H18N4O2/c1-2-13-25-19-17(20(26)22-21(25)27)16(14-9-5-3-6-10-14)18(23-24-19)15-11-7-4-8-12-15/h3-12H,2,13H2,1H3,(H,22,26,27). The number of H-pyrrole nitrogens is 1. The molecule has 0 amide bonds. The van der Waals surface area contributed by atoms with Crippen molar-refractivity contribution in [3.8, 4) is 22.4 Å². The molecule has 1 N–H and O–H groups in total. The average Bonchev–Trinajstić information content (AvgIpc) is 2.71. The highest BCUT2D eigenvalue weighted by Crippen LogP contribution is 2.33. The van der Waals surface area contributed by atoms with Crippen LogP contribution in [-0.2, 0) is 6.54 Å². The molecule has 0 bridgehead atoms. The zero-order valence-electron chi connectivity index (χ0n) is 14.8. The topological polar surface area (TPSA) is 80.6 Å². The van der Waals surface area contributed by atoms with Crippen LogP contribution in [0.1, 0.15) is 13.3 Å². The van der Waals surface area contributed by atoms with Gasteiger partial charge in [0.25, 0.3) is 5.56 Å². The minimum atomic E-state index is -0.463. The number of hydrogen-bond donors (Lipinski definition) is 1. The van der Waals surface area contributed by atoms with Crippen molar-refractivity contribution >= 4 is 11.0 Å². The van der Waals surface area contributed by atoms with E-state index in [2.05, 4.69) is 15.2 Å². The second-order valence-electron chi connectivity index (χ2n) is 6.27. The van der Waals surface area contributed by atoms with E-state index in [1.54, 1.807) is 0 Å². The summed E-state index contributed by atoms with van der Waals surface area (Å²) < 4.78 is 1.48. The number of nitrogens with one attached hydrogen (secondary N) is 1. The molecule has 4 aromatic rings. The van der Waals surface area contributed by atoms with E-state index >= 15 is 0 Å². The summed E-state index contributed by atoms with van der Waals surface area (Å²) in [5.74, 6) is 0. The Labute approximate surface area is 155 Å². The van der Waals surface area contributed by atoms with Gasteiger partial charge in [0.15, 0.2) is 5.65 Å². The third kappa shape index (κ3) is 2.95. The molecule has 6 heteroatoms. The SMILES string of the molecule is CCCn1c(=O)[nH]c(=O)c2c(-c3ccccc3)c(-c3ccccc3)nnc21. The highest BCUT2D eigenvalue weighted by atomic mass is 16.2. The smallest absolute Gasteiger partial charge is 0.276 e. The first-order valence-electron chi connectivity index (χ1n) is 8.85. The molecule has 0 saturated heterocycles. The van der Waals surface area contributed by atoms with Gasteiger partial charge in [-0.2, -0.15) is 0 Å². The molecule has 0 saturated carbocycles. The van der Waals surface area contributed by atoms with Crippen LogP contribution in [-0.4, -0.2) is 19.7 Å². The third-order valence-electron chi connectivity index (χ3n) is 4.46. The molecule has 2 aromatic heterocycles. The van der Waals surface area contributed by atoms with Crippen LogP contribution in [0.4, 0.5) is 0 Å². The normalized spacial score (nSPS) is 11.0. The largest absolute Gasteiger partial charge is 0.330 e. The van der Waals surface area contributed by atoms with Gasteiger partial charge in [-0.1, -0.05) is 67.6 Å². The Balaban J connectivity index is 2.18.